The van der Waals surface area contributed by atoms with Gasteiger partial charge in [0.2, 0.25) is 5.28 Å². The summed E-state index contributed by atoms with van der Waals surface area (Å²) >= 11 is 9.62. The number of anilines is 1. The predicted octanol–water partition coefficient (Wildman–Crippen LogP) is 2.77. The van der Waals surface area contributed by atoms with Crippen molar-refractivity contribution in [2.45, 2.75) is 31.2 Å². The third-order valence-corrected chi connectivity index (χ3v) is 6.19. The number of benzene rings is 1. The van der Waals surface area contributed by atoms with Gasteiger partial charge < -0.3 is 20.1 Å². The summed E-state index contributed by atoms with van der Waals surface area (Å²) in [6.45, 7) is 0.560. The fourth-order valence-electron chi connectivity index (χ4n) is 4.16. The zero-order chi connectivity index (χ0) is 18.7. The Morgan fingerprint density at radius 2 is 2.07 bits per heavy atom. The fraction of sp³-hybridized carbons (Fsp3) is 0.389. The van der Waals surface area contributed by atoms with Gasteiger partial charge in [-0.3, -0.25) is 0 Å². The van der Waals surface area contributed by atoms with E-state index >= 15 is 0 Å². The molecule has 9 heteroatoms. The van der Waals surface area contributed by atoms with Gasteiger partial charge >= 0.3 is 0 Å². The summed E-state index contributed by atoms with van der Waals surface area (Å²) in [4.78, 5) is 13.1. The average Bonchev–Trinajstić information content (AvgIpc) is 3.25. The first-order valence-corrected chi connectivity index (χ1v) is 9.94. The molecule has 1 aromatic carbocycles. The summed E-state index contributed by atoms with van der Waals surface area (Å²) in [6, 6.07) is 7.74. The van der Waals surface area contributed by atoms with Gasteiger partial charge in [-0.1, -0.05) is 28.1 Å². The van der Waals surface area contributed by atoms with E-state index in [4.69, 9.17) is 11.6 Å². The number of fused-ring (bicyclic) bond motifs is 2. The lowest BCUT2D eigenvalue weighted by Crippen LogP contribution is -2.31. The number of imidazole rings is 1. The number of rotatable bonds is 4. The SMILES string of the molecule is O[C@@H]1[C@H](O)[C@@H]2CC2[C@H]1n1cnc2c(NCc3cccc(Br)c3)nc(Cl)nc21. The molecular weight excluding hydrogens is 434 g/mol. The van der Waals surface area contributed by atoms with Crippen LogP contribution in [-0.4, -0.2) is 41.9 Å². The van der Waals surface area contributed by atoms with Crippen molar-refractivity contribution in [2.75, 3.05) is 5.32 Å². The molecule has 2 aliphatic carbocycles. The Balaban J connectivity index is 1.49. The fourth-order valence-corrected chi connectivity index (χ4v) is 4.78. The Morgan fingerprint density at radius 3 is 2.81 bits per heavy atom. The van der Waals surface area contributed by atoms with E-state index in [0.717, 1.165) is 16.5 Å². The van der Waals surface area contributed by atoms with Gasteiger partial charge in [0.1, 0.15) is 6.10 Å². The summed E-state index contributed by atoms with van der Waals surface area (Å²) in [5.41, 5.74) is 2.25. The standard InChI is InChI=1S/C18H17BrClN5O2/c19-9-3-1-2-8(4-9)6-21-16-12-17(24-18(20)23-16)25(7-22-12)13-10-5-11(10)14(26)15(13)27/h1-4,7,10-11,13-15,26-27H,5-6H2,(H,21,23,24)/t10?,11-,13-,14-,15+/m1/s1. The zero-order valence-electron chi connectivity index (χ0n) is 14.1. The van der Waals surface area contributed by atoms with E-state index in [2.05, 4.69) is 36.2 Å². The first-order valence-electron chi connectivity index (χ1n) is 8.77. The Hall–Kier alpha value is -1.74. The smallest absolute Gasteiger partial charge is 0.226 e. The van der Waals surface area contributed by atoms with E-state index < -0.39 is 12.2 Å². The highest BCUT2D eigenvalue weighted by atomic mass is 79.9. The molecule has 5 atom stereocenters. The van der Waals surface area contributed by atoms with E-state index in [0.29, 0.717) is 23.5 Å². The van der Waals surface area contributed by atoms with Gasteiger partial charge in [-0.25, -0.2) is 4.98 Å². The molecule has 140 valence electrons. The van der Waals surface area contributed by atoms with E-state index in [1.807, 2.05) is 28.8 Å². The monoisotopic (exact) mass is 449 g/mol. The zero-order valence-corrected chi connectivity index (χ0v) is 16.5. The number of hydrogen-bond donors (Lipinski definition) is 3. The molecule has 7 nitrogen and oxygen atoms in total. The molecule has 0 saturated heterocycles. The maximum absolute atomic E-state index is 10.4. The number of halogens is 2. The molecule has 2 saturated carbocycles. The van der Waals surface area contributed by atoms with Crippen molar-refractivity contribution in [3.8, 4) is 0 Å². The minimum Gasteiger partial charge on any atom is -0.390 e. The van der Waals surface area contributed by atoms with Crippen molar-refractivity contribution in [1.29, 1.82) is 0 Å². The lowest BCUT2D eigenvalue weighted by molar-refractivity contribution is 0.00386. The van der Waals surface area contributed by atoms with Crippen LogP contribution in [0.3, 0.4) is 0 Å². The number of aromatic nitrogens is 4. The number of aliphatic hydroxyl groups excluding tert-OH is 2. The third kappa shape index (κ3) is 2.91. The quantitative estimate of drug-likeness (QED) is 0.529. The molecule has 3 aromatic rings. The number of nitrogens with one attached hydrogen (secondary N) is 1. The second kappa shape index (κ2) is 6.41. The molecule has 2 heterocycles. The van der Waals surface area contributed by atoms with Crippen LogP contribution in [0.15, 0.2) is 35.1 Å². The van der Waals surface area contributed by atoms with Crippen LogP contribution >= 0.6 is 27.5 Å². The van der Waals surface area contributed by atoms with Crippen LogP contribution in [-0.2, 0) is 6.54 Å². The van der Waals surface area contributed by atoms with E-state index in [1.54, 1.807) is 6.33 Å². The molecule has 0 radical (unpaired) electrons. The first kappa shape index (κ1) is 17.4. The van der Waals surface area contributed by atoms with Gasteiger partial charge in [-0.05, 0) is 47.6 Å². The Labute approximate surface area is 168 Å². The highest BCUT2D eigenvalue weighted by Crippen LogP contribution is 2.57. The van der Waals surface area contributed by atoms with Gasteiger partial charge in [0.25, 0.3) is 0 Å². The van der Waals surface area contributed by atoms with E-state index in [1.165, 1.54) is 0 Å². The van der Waals surface area contributed by atoms with Crippen LogP contribution in [0.4, 0.5) is 5.82 Å². The molecule has 2 fully saturated rings. The number of hydrogen-bond acceptors (Lipinski definition) is 6. The largest absolute Gasteiger partial charge is 0.390 e. The second-order valence-electron chi connectivity index (χ2n) is 7.18. The summed E-state index contributed by atoms with van der Waals surface area (Å²) in [6.07, 6.45) is 1.05. The average molecular weight is 451 g/mol. The highest BCUT2D eigenvalue weighted by molar-refractivity contribution is 9.10. The van der Waals surface area contributed by atoms with Gasteiger partial charge in [-0.2, -0.15) is 9.97 Å². The second-order valence-corrected chi connectivity index (χ2v) is 8.44. The molecular formula is C18H17BrClN5O2. The van der Waals surface area contributed by atoms with Gasteiger partial charge in [0.15, 0.2) is 17.0 Å². The summed E-state index contributed by atoms with van der Waals surface area (Å²) in [7, 11) is 0. The summed E-state index contributed by atoms with van der Waals surface area (Å²) in [5.74, 6) is 0.956. The molecule has 0 spiro atoms. The first-order chi connectivity index (χ1) is 13.0. The van der Waals surface area contributed by atoms with Crippen LogP contribution in [0.1, 0.15) is 18.0 Å². The normalized spacial score (nSPS) is 29.1. The van der Waals surface area contributed by atoms with E-state index in [-0.39, 0.29) is 23.2 Å². The number of aliphatic hydroxyl groups is 2. The maximum atomic E-state index is 10.4. The minimum absolute atomic E-state index is 0.112. The van der Waals surface area contributed by atoms with Crippen LogP contribution in [0.5, 0.6) is 0 Å². The Kier molecular flexibility index (Phi) is 4.12. The molecule has 3 N–H and O–H groups in total. The van der Waals surface area contributed by atoms with Gasteiger partial charge in [0.05, 0.1) is 18.5 Å². The highest BCUT2D eigenvalue weighted by Gasteiger charge is 2.60. The van der Waals surface area contributed by atoms with Gasteiger partial charge in [0, 0.05) is 11.0 Å². The van der Waals surface area contributed by atoms with Crippen LogP contribution < -0.4 is 5.32 Å². The minimum atomic E-state index is -0.821. The molecule has 0 bridgehead atoms. The van der Waals surface area contributed by atoms with Crippen molar-refractivity contribution in [1.82, 2.24) is 19.5 Å². The predicted molar refractivity (Wildman–Crippen MR) is 104 cm³/mol. The lowest BCUT2D eigenvalue weighted by Gasteiger charge is -2.22. The Bertz CT molecular complexity index is 1030. The molecule has 1 unspecified atom stereocenters. The molecule has 0 aliphatic heterocycles. The summed E-state index contributed by atoms with van der Waals surface area (Å²) in [5, 5.41) is 23.9. The van der Waals surface area contributed by atoms with Crippen molar-refractivity contribution < 1.29 is 10.2 Å². The molecule has 27 heavy (non-hydrogen) atoms. The van der Waals surface area contributed by atoms with Crippen molar-refractivity contribution >= 4 is 44.5 Å². The summed E-state index contributed by atoms with van der Waals surface area (Å²) < 4.78 is 2.84. The number of nitrogens with zero attached hydrogens (tertiary/aromatic N) is 4. The van der Waals surface area contributed by atoms with Crippen LogP contribution in [0, 0.1) is 11.8 Å². The third-order valence-electron chi connectivity index (χ3n) is 5.53. The molecule has 5 rings (SSSR count). The lowest BCUT2D eigenvalue weighted by atomic mass is 10.1. The van der Waals surface area contributed by atoms with Crippen LogP contribution in [0.2, 0.25) is 5.28 Å². The maximum Gasteiger partial charge on any atom is 0.226 e. The van der Waals surface area contributed by atoms with Gasteiger partial charge in [-0.15, -0.1) is 0 Å². The van der Waals surface area contributed by atoms with Crippen molar-refractivity contribution in [3.05, 3.63) is 45.9 Å². The molecule has 2 aliphatic rings. The molecule has 0 amide bonds. The topological polar surface area (TPSA) is 96.1 Å². The van der Waals surface area contributed by atoms with Crippen molar-refractivity contribution in [3.63, 3.8) is 0 Å². The molecule has 2 aromatic heterocycles. The Morgan fingerprint density at radius 1 is 1.22 bits per heavy atom. The van der Waals surface area contributed by atoms with E-state index in [9.17, 15) is 10.2 Å². The van der Waals surface area contributed by atoms with Crippen LogP contribution in [0.25, 0.3) is 11.2 Å². The van der Waals surface area contributed by atoms with Crippen molar-refractivity contribution in [2.24, 2.45) is 11.8 Å².